The summed E-state index contributed by atoms with van der Waals surface area (Å²) in [5.41, 5.74) is 3.16. The Morgan fingerprint density at radius 2 is 1.67 bits per heavy atom. The minimum atomic E-state index is 0. The van der Waals surface area contributed by atoms with Gasteiger partial charge in [0.05, 0.1) is 0 Å². The Balaban J connectivity index is 0.00000261. The predicted molar refractivity (Wildman–Crippen MR) is 121 cm³/mol. The molecule has 5 nitrogen and oxygen atoms in total. The van der Waals surface area contributed by atoms with E-state index in [2.05, 4.69) is 33.1 Å². The monoisotopic (exact) mass is 478 g/mol. The summed E-state index contributed by atoms with van der Waals surface area (Å²) in [6.07, 6.45) is 3.18. The van der Waals surface area contributed by atoms with E-state index >= 15 is 0 Å². The number of aliphatic imine (C=N–C) groups is 1. The predicted octanol–water partition coefficient (Wildman–Crippen LogP) is 3.91. The van der Waals surface area contributed by atoms with E-state index in [4.69, 9.17) is 0 Å². The van der Waals surface area contributed by atoms with E-state index in [1.807, 2.05) is 42.5 Å². The van der Waals surface area contributed by atoms with Crippen LogP contribution in [0.25, 0.3) is 0 Å². The van der Waals surface area contributed by atoms with E-state index in [0.717, 1.165) is 43.0 Å². The van der Waals surface area contributed by atoms with Crippen LogP contribution < -0.4 is 16.0 Å². The fourth-order valence-corrected chi connectivity index (χ4v) is 2.86. The maximum atomic E-state index is 12.1. The summed E-state index contributed by atoms with van der Waals surface area (Å²) in [5, 5.41) is 9.63. The van der Waals surface area contributed by atoms with Crippen molar-refractivity contribution in [2.24, 2.45) is 10.9 Å². The first kappa shape index (κ1) is 21.2. The normalized spacial score (nSPS) is 13.9. The van der Waals surface area contributed by atoms with E-state index in [0.29, 0.717) is 6.54 Å². The van der Waals surface area contributed by atoms with Crippen molar-refractivity contribution in [3.05, 3.63) is 65.7 Å². The molecule has 0 saturated heterocycles. The van der Waals surface area contributed by atoms with Gasteiger partial charge in [0.2, 0.25) is 5.91 Å². The maximum Gasteiger partial charge on any atom is 0.227 e. The van der Waals surface area contributed by atoms with Gasteiger partial charge in [-0.2, -0.15) is 0 Å². The molecule has 1 aliphatic rings. The molecule has 144 valence electrons. The van der Waals surface area contributed by atoms with Crippen molar-refractivity contribution in [2.75, 3.05) is 12.4 Å². The van der Waals surface area contributed by atoms with Crippen molar-refractivity contribution in [1.29, 1.82) is 0 Å². The lowest BCUT2D eigenvalue weighted by molar-refractivity contribution is -0.122. The van der Waals surface area contributed by atoms with Gasteiger partial charge in [-0.1, -0.05) is 48.9 Å². The highest BCUT2D eigenvalue weighted by molar-refractivity contribution is 14.0. The second-order valence-corrected chi connectivity index (χ2v) is 6.58. The topological polar surface area (TPSA) is 65.5 Å². The van der Waals surface area contributed by atoms with E-state index < -0.39 is 0 Å². The van der Waals surface area contributed by atoms with Gasteiger partial charge in [0.1, 0.15) is 0 Å². The first-order valence-electron chi connectivity index (χ1n) is 9.13. The molecule has 6 heteroatoms. The van der Waals surface area contributed by atoms with Gasteiger partial charge in [-0.05, 0) is 36.1 Å². The molecule has 1 aliphatic carbocycles. The van der Waals surface area contributed by atoms with Crippen molar-refractivity contribution in [3.63, 3.8) is 0 Å². The van der Waals surface area contributed by atoms with Gasteiger partial charge in [-0.25, -0.2) is 0 Å². The van der Waals surface area contributed by atoms with Gasteiger partial charge in [0, 0.05) is 31.7 Å². The highest BCUT2D eigenvalue weighted by atomic mass is 127. The van der Waals surface area contributed by atoms with Crippen LogP contribution in [-0.4, -0.2) is 18.9 Å². The van der Waals surface area contributed by atoms with Gasteiger partial charge >= 0.3 is 0 Å². The van der Waals surface area contributed by atoms with Crippen molar-refractivity contribution < 1.29 is 4.79 Å². The van der Waals surface area contributed by atoms with Gasteiger partial charge in [-0.15, -0.1) is 24.0 Å². The Morgan fingerprint density at radius 1 is 1.00 bits per heavy atom. The van der Waals surface area contributed by atoms with Crippen molar-refractivity contribution in [2.45, 2.75) is 32.4 Å². The summed E-state index contributed by atoms with van der Waals surface area (Å²) in [4.78, 5) is 16.3. The number of guanidine groups is 1. The number of anilines is 1. The highest BCUT2D eigenvalue weighted by Crippen LogP contribution is 2.27. The van der Waals surface area contributed by atoms with Gasteiger partial charge in [0.15, 0.2) is 5.96 Å². The molecule has 0 atom stereocenters. The molecule has 3 rings (SSSR count). The van der Waals surface area contributed by atoms with Crippen LogP contribution in [0.4, 0.5) is 5.69 Å². The molecule has 3 N–H and O–H groups in total. The number of amides is 1. The van der Waals surface area contributed by atoms with Crippen molar-refractivity contribution >= 4 is 41.5 Å². The molecule has 2 aromatic carbocycles. The van der Waals surface area contributed by atoms with Crippen molar-refractivity contribution in [3.8, 4) is 0 Å². The summed E-state index contributed by atoms with van der Waals surface area (Å²) in [5.74, 6) is 1.08. The van der Waals surface area contributed by atoms with E-state index in [-0.39, 0.29) is 35.8 Å². The molecule has 0 bridgehead atoms. The largest absolute Gasteiger partial charge is 0.352 e. The Hall–Kier alpha value is -2.09. The summed E-state index contributed by atoms with van der Waals surface area (Å²) in [7, 11) is 1.76. The lowest BCUT2D eigenvalue weighted by Crippen LogP contribution is -2.36. The van der Waals surface area contributed by atoms with Crippen LogP contribution in [0.2, 0.25) is 0 Å². The van der Waals surface area contributed by atoms with E-state index in [1.165, 1.54) is 5.56 Å². The SMILES string of the molecule is CN=C(NCc1ccccc1)NCc1cccc(NC(=O)C2CCC2)c1.I. The summed E-state index contributed by atoms with van der Waals surface area (Å²) in [6, 6.07) is 18.2. The highest BCUT2D eigenvalue weighted by Gasteiger charge is 2.25. The van der Waals surface area contributed by atoms with Crippen LogP contribution >= 0.6 is 24.0 Å². The Labute approximate surface area is 178 Å². The zero-order valence-corrected chi connectivity index (χ0v) is 17.9. The molecular weight excluding hydrogens is 451 g/mol. The first-order valence-corrected chi connectivity index (χ1v) is 9.13. The number of halogens is 1. The number of hydrogen-bond donors (Lipinski definition) is 3. The third-order valence-electron chi connectivity index (χ3n) is 4.66. The number of carbonyl (C=O) groups excluding carboxylic acids is 1. The summed E-state index contributed by atoms with van der Waals surface area (Å²) >= 11 is 0. The first-order chi connectivity index (χ1) is 12.7. The molecule has 0 spiro atoms. The minimum Gasteiger partial charge on any atom is -0.352 e. The molecule has 1 fully saturated rings. The maximum absolute atomic E-state index is 12.1. The third-order valence-corrected chi connectivity index (χ3v) is 4.66. The summed E-state index contributed by atoms with van der Waals surface area (Å²) < 4.78 is 0. The second-order valence-electron chi connectivity index (χ2n) is 6.58. The summed E-state index contributed by atoms with van der Waals surface area (Å²) in [6.45, 7) is 1.36. The van der Waals surface area contributed by atoms with Crippen LogP contribution in [0, 0.1) is 5.92 Å². The lowest BCUT2D eigenvalue weighted by Gasteiger charge is -2.24. The molecule has 27 heavy (non-hydrogen) atoms. The number of benzene rings is 2. The fourth-order valence-electron chi connectivity index (χ4n) is 2.86. The number of nitrogens with one attached hydrogen (secondary N) is 3. The van der Waals surface area contributed by atoms with Crippen LogP contribution in [0.1, 0.15) is 30.4 Å². The fraction of sp³-hybridized carbons (Fsp3) is 0.333. The minimum absolute atomic E-state index is 0. The third kappa shape index (κ3) is 6.53. The Bertz CT molecular complexity index is 760. The molecule has 2 aromatic rings. The lowest BCUT2D eigenvalue weighted by atomic mass is 9.85. The average Bonchev–Trinajstić information content (AvgIpc) is 2.61. The number of carbonyl (C=O) groups is 1. The molecule has 0 aromatic heterocycles. The Kier molecular flexibility index (Phi) is 8.57. The molecule has 1 saturated carbocycles. The van der Waals surface area contributed by atoms with Gasteiger partial charge < -0.3 is 16.0 Å². The number of nitrogens with zero attached hydrogens (tertiary/aromatic N) is 1. The molecular formula is C21H27IN4O. The van der Waals surface area contributed by atoms with E-state index in [1.54, 1.807) is 7.05 Å². The number of rotatable bonds is 6. The van der Waals surface area contributed by atoms with Crippen molar-refractivity contribution in [1.82, 2.24) is 10.6 Å². The Morgan fingerprint density at radius 3 is 2.30 bits per heavy atom. The quantitative estimate of drug-likeness (QED) is 0.335. The molecule has 0 heterocycles. The van der Waals surface area contributed by atoms with Crippen LogP contribution in [0.3, 0.4) is 0 Å². The molecule has 0 aliphatic heterocycles. The van der Waals surface area contributed by atoms with Crippen LogP contribution in [-0.2, 0) is 17.9 Å². The zero-order chi connectivity index (χ0) is 18.2. The van der Waals surface area contributed by atoms with Gasteiger partial charge in [0.25, 0.3) is 0 Å². The molecule has 0 radical (unpaired) electrons. The van der Waals surface area contributed by atoms with Gasteiger partial charge in [-0.3, -0.25) is 9.79 Å². The van der Waals surface area contributed by atoms with Crippen LogP contribution in [0.15, 0.2) is 59.6 Å². The zero-order valence-electron chi connectivity index (χ0n) is 15.6. The average molecular weight is 478 g/mol. The molecule has 0 unspecified atom stereocenters. The second kappa shape index (κ2) is 10.9. The smallest absolute Gasteiger partial charge is 0.227 e. The van der Waals surface area contributed by atoms with Crippen LogP contribution in [0.5, 0.6) is 0 Å². The standard InChI is InChI=1S/C21H26N4O.HI/c1-22-21(23-14-16-7-3-2-4-8-16)24-15-17-9-5-12-19(13-17)25-20(26)18-10-6-11-18;/h2-5,7-9,12-13,18H,6,10-11,14-15H2,1H3,(H,25,26)(H2,22,23,24);1H. The molecule has 1 amide bonds. The number of hydrogen-bond acceptors (Lipinski definition) is 2. The van der Waals surface area contributed by atoms with E-state index in [9.17, 15) is 4.79 Å².